The second-order valence-corrected chi connectivity index (χ2v) is 6.40. The van der Waals surface area contributed by atoms with Crippen molar-refractivity contribution in [3.8, 4) is 5.82 Å². The lowest BCUT2D eigenvalue weighted by atomic mass is 9.92. The summed E-state index contributed by atoms with van der Waals surface area (Å²) < 4.78 is 3.33. The molecule has 1 aliphatic carbocycles. The fourth-order valence-electron chi connectivity index (χ4n) is 3.19. The maximum absolute atomic E-state index is 12.5. The van der Waals surface area contributed by atoms with E-state index in [4.69, 9.17) is 11.6 Å². The number of nitrogens with one attached hydrogen (secondary N) is 1. The molecule has 1 atom stereocenters. The van der Waals surface area contributed by atoms with Gasteiger partial charge in [-0.15, -0.1) is 0 Å². The Balaban J connectivity index is 1.61. The molecule has 7 nitrogen and oxygen atoms in total. The van der Waals surface area contributed by atoms with Crippen LogP contribution in [0.4, 0.5) is 0 Å². The number of carbonyl (C=O) groups excluding carboxylic acids is 1. The van der Waals surface area contributed by atoms with Crippen molar-refractivity contribution in [3.05, 3.63) is 58.8 Å². The summed E-state index contributed by atoms with van der Waals surface area (Å²) in [6.45, 7) is 0. The van der Waals surface area contributed by atoms with Crippen LogP contribution in [0.2, 0.25) is 5.15 Å². The topological polar surface area (TPSA) is 77.6 Å². The van der Waals surface area contributed by atoms with Gasteiger partial charge >= 0.3 is 0 Å². The van der Waals surface area contributed by atoms with Gasteiger partial charge in [-0.2, -0.15) is 10.2 Å². The quantitative estimate of drug-likeness (QED) is 0.782. The van der Waals surface area contributed by atoms with Crippen LogP contribution in [0.25, 0.3) is 5.82 Å². The van der Waals surface area contributed by atoms with Crippen LogP contribution in [0.3, 0.4) is 0 Å². The van der Waals surface area contributed by atoms with Gasteiger partial charge in [0.15, 0.2) is 5.82 Å². The Morgan fingerprint density at radius 3 is 2.92 bits per heavy atom. The molecule has 1 aliphatic rings. The van der Waals surface area contributed by atoms with E-state index >= 15 is 0 Å². The lowest BCUT2D eigenvalue weighted by Gasteiger charge is -2.24. The molecule has 0 bridgehead atoms. The monoisotopic (exact) mass is 356 g/mol. The smallest absolute Gasteiger partial charge is 0.256 e. The van der Waals surface area contributed by atoms with E-state index in [1.807, 2.05) is 29.1 Å². The fourth-order valence-corrected chi connectivity index (χ4v) is 3.37. The number of halogens is 1. The van der Waals surface area contributed by atoms with Gasteiger partial charge in [0.25, 0.3) is 5.91 Å². The number of fused-ring (bicyclic) bond motifs is 1. The maximum atomic E-state index is 12.5. The van der Waals surface area contributed by atoms with Gasteiger partial charge in [-0.05, 0) is 31.4 Å². The molecule has 25 heavy (non-hydrogen) atoms. The van der Waals surface area contributed by atoms with Gasteiger partial charge in [0, 0.05) is 18.8 Å². The molecule has 8 heteroatoms. The molecule has 128 valence electrons. The lowest BCUT2D eigenvalue weighted by Crippen LogP contribution is -2.31. The number of nitrogens with zero attached hydrogens (tertiary/aromatic N) is 5. The Kier molecular flexibility index (Phi) is 4.01. The third-order valence-electron chi connectivity index (χ3n) is 4.47. The summed E-state index contributed by atoms with van der Waals surface area (Å²) in [5, 5.41) is 11.9. The summed E-state index contributed by atoms with van der Waals surface area (Å²) in [6, 6.07) is 5.64. The first-order valence-corrected chi connectivity index (χ1v) is 8.49. The molecule has 0 saturated heterocycles. The van der Waals surface area contributed by atoms with Crippen molar-refractivity contribution in [3.63, 3.8) is 0 Å². The molecule has 3 aromatic heterocycles. The molecular weight excluding hydrogens is 340 g/mol. The Labute approximate surface area is 149 Å². The molecule has 4 rings (SSSR count). The van der Waals surface area contributed by atoms with Gasteiger partial charge in [0.1, 0.15) is 5.15 Å². The van der Waals surface area contributed by atoms with Crippen LogP contribution in [0, 0.1) is 0 Å². The highest BCUT2D eigenvalue weighted by Crippen LogP contribution is 2.31. The van der Waals surface area contributed by atoms with Gasteiger partial charge in [-0.3, -0.25) is 9.48 Å². The molecule has 0 saturated carbocycles. The Bertz CT molecular complexity index is 917. The van der Waals surface area contributed by atoms with E-state index in [0.29, 0.717) is 10.7 Å². The predicted molar refractivity (Wildman–Crippen MR) is 92.7 cm³/mol. The molecule has 1 amide bonds. The summed E-state index contributed by atoms with van der Waals surface area (Å²) in [5.41, 5.74) is 2.51. The van der Waals surface area contributed by atoms with Gasteiger partial charge in [-0.1, -0.05) is 17.7 Å². The normalized spacial score (nSPS) is 16.5. The minimum atomic E-state index is -0.221. The van der Waals surface area contributed by atoms with Gasteiger partial charge in [0.2, 0.25) is 0 Å². The van der Waals surface area contributed by atoms with Crippen molar-refractivity contribution in [2.75, 3.05) is 0 Å². The average molecular weight is 357 g/mol. The number of hydrogen-bond donors (Lipinski definition) is 1. The molecule has 0 spiro atoms. The number of amides is 1. The Morgan fingerprint density at radius 2 is 2.20 bits per heavy atom. The highest BCUT2D eigenvalue weighted by Gasteiger charge is 2.27. The third-order valence-corrected chi connectivity index (χ3v) is 4.91. The number of carbonyl (C=O) groups is 1. The maximum Gasteiger partial charge on any atom is 0.256 e. The summed E-state index contributed by atoms with van der Waals surface area (Å²) in [7, 11) is 1.70. The van der Waals surface area contributed by atoms with Gasteiger partial charge in [-0.25, -0.2) is 9.67 Å². The van der Waals surface area contributed by atoms with Crippen molar-refractivity contribution in [2.24, 2.45) is 7.05 Å². The summed E-state index contributed by atoms with van der Waals surface area (Å²) in [6.07, 6.45) is 7.79. The van der Waals surface area contributed by atoms with Crippen LogP contribution >= 0.6 is 11.6 Å². The molecule has 3 aromatic rings. The van der Waals surface area contributed by atoms with Crippen molar-refractivity contribution < 1.29 is 4.79 Å². The van der Waals surface area contributed by atoms with E-state index in [-0.39, 0.29) is 11.9 Å². The third kappa shape index (κ3) is 2.80. The van der Waals surface area contributed by atoms with Crippen molar-refractivity contribution in [2.45, 2.75) is 25.3 Å². The first kappa shape index (κ1) is 15.8. The zero-order valence-corrected chi connectivity index (χ0v) is 14.4. The summed E-state index contributed by atoms with van der Waals surface area (Å²) in [4.78, 5) is 16.9. The highest BCUT2D eigenvalue weighted by molar-refractivity contribution is 6.32. The molecule has 0 unspecified atom stereocenters. The number of aromatic nitrogens is 5. The number of aryl methyl sites for hydroxylation is 1. The second-order valence-electron chi connectivity index (χ2n) is 6.04. The molecule has 0 fully saturated rings. The van der Waals surface area contributed by atoms with Gasteiger partial charge < -0.3 is 5.32 Å². The van der Waals surface area contributed by atoms with Crippen LogP contribution in [0.1, 0.15) is 40.5 Å². The summed E-state index contributed by atoms with van der Waals surface area (Å²) in [5.74, 6) is 0.563. The van der Waals surface area contributed by atoms with Crippen LogP contribution < -0.4 is 5.32 Å². The van der Waals surface area contributed by atoms with Crippen LogP contribution in [0.5, 0.6) is 0 Å². The first-order valence-electron chi connectivity index (χ1n) is 8.11. The molecule has 1 N–H and O–H groups in total. The van der Waals surface area contributed by atoms with Crippen molar-refractivity contribution >= 4 is 17.5 Å². The molecule has 0 aliphatic heterocycles. The van der Waals surface area contributed by atoms with Crippen molar-refractivity contribution in [1.29, 1.82) is 0 Å². The van der Waals surface area contributed by atoms with Gasteiger partial charge in [0.05, 0.1) is 29.7 Å². The molecule has 0 radical (unpaired) electrons. The zero-order chi connectivity index (χ0) is 17.4. The summed E-state index contributed by atoms with van der Waals surface area (Å²) >= 11 is 6.12. The SMILES string of the molecule is Cn1ncc(C(=O)N[C@@H]2CCCc3c2cnn3-c2ccccn2)c1Cl. The standard InChI is InChI=1S/C17H17ClN6O/c1-23-16(18)12(10-20-23)17(25)22-13-5-4-6-14-11(13)9-21-24(14)15-7-2-3-8-19-15/h2-3,7-10,13H,4-6H2,1H3,(H,22,25)/t13-/m1/s1. The zero-order valence-electron chi connectivity index (χ0n) is 13.7. The average Bonchev–Trinajstić information content (AvgIpc) is 3.21. The van der Waals surface area contributed by atoms with E-state index in [9.17, 15) is 4.79 Å². The molecule has 3 heterocycles. The minimum absolute atomic E-state index is 0.0926. The molecule has 0 aromatic carbocycles. The fraction of sp³-hybridized carbons (Fsp3) is 0.294. The Hall–Kier alpha value is -2.67. The second kappa shape index (κ2) is 6.33. The highest BCUT2D eigenvalue weighted by atomic mass is 35.5. The minimum Gasteiger partial charge on any atom is -0.345 e. The van der Waals surface area contributed by atoms with E-state index in [1.165, 1.54) is 10.9 Å². The number of rotatable bonds is 3. The van der Waals surface area contributed by atoms with E-state index in [0.717, 1.165) is 36.3 Å². The predicted octanol–water partition coefficient (Wildman–Crippen LogP) is 2.46. The van der Waals surface area contributed by atoms with Crippen molar-refractivity contribution in [1.82, 2.24) is 29.9 Å². The first-order chi connectivity index (χ1) is 12.1. The van der Waals surface area contributed by atoms with Crippen LogP contribution in [0.15, 0.2) is 36.8 Å². The Morgan fingerprint density at radius 1 is 1.32 bits per heavy atom. The largest absolute Gasteiger partial charge is 0.345 e. The van der Waals surface area contributed by atoms with E-state index in [1.54, 1.807) is 13.2 Å². The van der Waals surface area contributed by atoms with Crippen LogP contribution in [-0.2, 0) is 13.5 Å². The van der Waals surface area contributed by atoms with E-state index in [2.05, 4.69) is 20.5 Å². The van der Waals surface area contributed by atoms with Crippen LogP contribution in [-0.4, -0.2) is 30.5 Å². The lowest BCUT2D eigenvalue weighted by molar-refractivity contribution is 0.0933. The molecular formula is C17H17ClN6O. The number of hydrogen-bond acceptors (Lipinski definition) is 4. The number of pyridine rings is 1. The van der Waals surface area contributed by atoms with E-state index < -0.39 is 0 Å².